The van der Waals surface area contributed by atoms with Gasteiger partial charge in [0.15, 0.2) is 0 Å². The molecule has 2 saturated heterocycles. The Balaban J connectivity index is 1.04. The van der Waals surface area contributed by atoms with Crippen LogP contribution in [0.15, 0.2) is 24.3 Å². The lowest BCUT2D eigenvalue weighted by Crippen LogP contribution is -2.60. The first-order valence-electron chi connectivity index (χ1n) is 14.2. The second-order valence-corrected chi connectivity index (χ2v) is 11.8. The van der Waals surface area contributed by atoms with E-state index in [0.29, 0.717) is 24.4 Å². The van der Waals surface area contributed by atoms with Gasteiger partial charge in [-0.3, -0.25) is 0 Å². The topological polar surface area (TPSA) is 40.2 Å². The molecular weight excluding hydrogens is 426 g/mol. The van der Waals surface area contributed by atoms with Gasteiger partial charge in [0.25, 0.3) is 0 Å². The Morgan fingerprint density at radius 2 is 1.62 bits per heavy atom. The predicted octanol–water partition coefficient (Wildman–Crippen LogP) is 5.94. The molecule has 6 fully saturated rings. The molecule has 0 aromatic heterocycles. The van der Waals surface area contributed by atoms with Crippen LogP contribution >= 0.6 is 0 Å². The summed E-state index contributed by atoms with van der Waals surface area (Å²) in [6.45, 7) is 5.86. The number of piperidine rings is 1. The minimum Gasteiger partial charge on any atom is -0.494 e. The van der Waals surface area contributed by atoms with Gasteiger partial charge in [-0.05, 0) is 107 Å². The first-order chi connectivity index (χ1) is 16.8. The highest BCUT2D eigenvalue weighted by Gasteiger charge is 2.60. The van der Waals surface area contributed by atoms with Gasteiger partial charge < -0.3 is 14.4 Å². The molecule has 0 radical (unpaired) electrons. The molecule has 0 N–H and O–H groups in total. The third kappa shape index (κ3) is 4.91. The summed E-state index contributed by atoms with van der Waals surface area (Å²) in [6.07, 6.45) is 13.7. The fourth-order valence-electron chi connectivity index (χ4n) is 7.83. The van der Waals surface area contributed by atoms with E-state index < -0.39 is 5.79 Å². The lowest BCUT2D eigenvalue weighted by atomic mass is 9.53. The molecule has 1 atom stereocenters. The van der Waals surface area contributed by atoms with Crippen molar-refractivity contribution in [3.63, 3.8) is 0 Å². The normalized spacial score (nSPS) is 38.4. The molecule has 5 nitrogen and oxygen atoms in total. The molecular formula is C29H43NO4. The second kappa shape index (κ2) is 10.5. The molecule has 0 amide bonds. The number of nitrogens with zero attached hydrogens (tertiary/aromatic N) is 1. The molecule has 1 aromatic carbocycles. The molecule has 34 heavy (non-hydrogen) atoms. The van der Waals surface area contributed by atoms with Crippen molar-refractivity contribution in [3.05, 3.63) is 29.8 Å². The molecule has 2 heterocycles. The fraction of sp³-hybridized carbons (Fsp3) is 0.793. The highest BCUT2D eigenvalue weighted by molar-refractivity contribution is 5.29. The van der Waals surface area contributed by atoms with E-state index in [1.807, 2.05) is 0 Å². The summed E-state index contributed by atoms with van der Waals surface area (Å²) in [5.41, 5.74) is 1.35. The van der Waals surface area contributed by atoms with E-state index in [1.54, 1.807) is 0 Å². The van der Waals surface area contributed by atoms with E-state index in [0.717, 1.165) is 56.6 Å². The maximum atomic E-state index is 6.78. The van der Waals surface area contributed by atoms with E-state index >= 15 is 0 Å². The maximum Gasteiger partial charge on any atom is 0.207 e. The third-order valence-corrected chi connectivity index (χ3v) is 9.44. The Morgan fingerprint density at radius 3 is 2.35 bits per heavy atom. The van der Waals surface area contributed by atoms with Crippen molar-refractivity contribution in [1.29, 1.82) is 0 Å². The number of hydrogen-bond donors (Lipinski definition) is 0. The zero-order valence-corrected chi connectivity index (χ0v) is 20.8. The highest BCUT2D eigenvalue weighted by atomic mass is 17.2. The quantitative estimate of drug-likeness (QED) is 0.381. The molecule has 2 aliphatic heterocycles. The lowest BCUT2D eigenvalue weighted by Gasteiger charge is -2.59. The van der Waals surface area contributed by atoms with Crippen LogP contribution in [-0.2, 0) is 14.5 Å². The molecule has 1 aromatic rings. The van der Waals surface area contributed by atoms with Crippen LogP contribution in [0.25, 0.3) is 0 Å². The first-order valence-corrected chi connectivity index (χ1v) is 14.2. The summed E-state index contributed by atoms with van der Waals surface area (Å²) in [5.74, 6) is 3.63. The van der Waals surface area contributed by atoms with Gasteiger partial charge in [-0.25, -0.2) is 9.78 Å². The van der Waals surface area contributed by atoms with Crippen LogP contribution in [0.2, 0.25) is 0 Å². The van der Waals surface area contributed by atoms with Crippen molar-refractivity contribution in [1.82, 2.24) is 4.90 Å². The van der Waals surface area contributed by atoms with Gasteiger partial charge in [-0.2, -0.15) is 0 Å². The number of ether oxygens (including phenoxy) is 2. The number of rotatable bonds is 6. The summed E-state index contributed by atoms with van der Waals surface area (Å²) < 4.78 is 12.8. The number of benzene rings is 1. The molecule has 1 unspecified atom stereocenters. The Kier molecular flexibility index (Phi) is 7.16. The van der Waals surface area contributed by atoms with Crippen molar-refractivity contribution >= 4 is 0 Å². The molecule has 6 aliphatic rings. The maximum absolute atomic E-state index is 6.78. The van der Waals surface area contributed by atoms with E-state index in [1.165, 1.54) is 70.0 Å². The molecule has 4 bridgehead atoms. The summed E-state index contributed by atoms with van der Waals surface area (Å²) in [5, 5.41) is 0. The largest absolute Gasteiger partial charge is 0.494 e. The third-order valence-electron chi connectivity index (χ3n) is 9.44. The standard InChI is InChI=1S/C29H43NO4/c1-2-11-30(12-3-1)13-5-14-31-28-9-7-24(8-10-28)25-6-4-15-33-34-29(32-21-25)26-17-22-16-23(19-26)20-27(29)18-22/h7-10,22-23,25-27H,1-6,11-21H2. The smallest absolute Gasteiger partial charge is 0.207 e. The van der Waals surface area contributed by atoms with Crippen LogP contribution in [0.3, 0.4) is 0 Å². The molecule has 188 valence electrons. The van der Waals surface area contributed by atoms with Crippen molar-refractivity contribution in [2.24, 2.45) is 23.7 Å². The van der Waals surface area contributed by atoms with E-state index in [9.17, 15) is 0 Å². The summed E-state index contributed by atoms with van der Waals surface area (Å²) in [6, 6.07) is 8.79. The van der Waals surface area contributed by atoms with Gasteiger partial charge in [0.05, 0.1) is 19.8 Å². The lowest BCUT2D eigenvalue weighted by molar-refractivity contribution is -0.475. The van der Waals surface area contributed by atoms with Crippen LogP contribution < -0.4 is 4.74 Å². The summed E-state index contributed by atoms with van der Waals surface area (Å²) >= 11 is 0. The second-order valence-electron chi connectivity index (χ2n) is 11.8. The van der Waals surface area contributed by atoms with E-state index in [4.69, 9.17) is 19.2 Å². The summed E-state index contributed by atoms with van der Waals surface area (Å²) in [4.78, 5) is 14.6. The Hall–Kier alpha value is -1.14. The monoisotopic (exact) mass is 469 g/mol. The average molecular weight is 470 g/mol. The first kappa shape index (κ1) is 23.3. The van der Waals surface area contributed by atoms with Gasteiger partial charge in [0, 0.05) is 24.3 Å². The Bertz CT molecular complexity index is 762. The van der Waals surface area contributed by atoms with E-state index in [-0.39, 0.29) is 0 Å². The van der Waals surface area contributed by atoms with Crippen LogP contribution in [0.1, 0.15) is 82.1 Å². The molecule has 5 heteroatoms. The Morgan fingerprint density at radius 1 is 0.882 bits per heavy atom. The van der Waals surface area contributed by atoms with Crippen molar-refractivity contribution < 1.29 is 19.2 Å². The van der Waals surface area contributed by atoms with Crippen molar-refractivity contribution in [3.8, 4) is 5.75 Å². The predicted molar refractivity (Wildman–Crippen MR) is 132 cm³/mol. The zero-order chi connectivity index (χ0) is 22.8. The van der Waals surface area contributed by atoms with Crippen LogP contribution in [0.5, 0.6) is 5.75 Å². The minimum atomic E-state index is -0.507. The molecule has 4 aliphatic carbocycles. The fourth-order valence-corrected chi connectivity index (χ4v) is 7.83. The van der Waals surface area contributed by atoms with E-state index in [2.05, 4.69) is 29.2 Å². The highest BCUT2D eigenvalue weighted by Crippen LogP contribution is 2.60. The number of hydrogen-bond acceptors (Lipinski definition) is 5. The van der Waals surface area contributed by atoms with Crippen molar-refractivity contribution in [2.45, 2.75) is 82.3 Å². The van der Waals surface area contributed by atoms with Crippen LogP contribution in [0, 0.1) is 23.7 Å². The van der Waals surface area contributed by atoms with Gasteiger partial charge in [-0.1, -0.05) is 18.6 Å². The van der Waals surface area contributed by atoms with Crippen LogP contribution in [0.4, 0.5) is 0 Å². The van der Waals surface area contributed by atoms with Gasteiger partial charge in [0.2, 0.25) is 5.79 Å². The van der Waals surface area contributed by atoms with Gasteiger partial charge in [0.1, 0.15) is 5.75 Å². The average Bonchev–Trinajstić information content (AvgIpc) is 2.97. The molecule has 7 rings (SSSR count). The molecule has 1 spiro atoms. The van der Waals surface area contributed by atoms with Crippen LogP contribution in [-0.4, -0.2) is 50.1 Å². The van der Waals surface area contributed by atoms with Gasteiger partial charge in [-0.15, -0.1) is 0 Å². The van der Waals surface area contributed by atoms with Gasteiger partial charge >= 0.3 is 0 Å². The summed E-state index contributed by atoms with van der Waals surface area (Å²) in [7, 11) is 0. The number of likely N-dealkylation sites (tertiary alicyclic amines) is 1. The zero-order valence-electron chi connectivity index (χ0n) is 20.8. The minimum absolute atomic E-state index is 0.382. The molecule has 4 saturated carbocycles. The Labute approximate surface area is 205 Å². The van der Waals surface area contributed by atoms with Crippen molar-refractivity contribution in [2.75, 3.05) is 39.5 Å². The SMILES string of the molecule is c1cc(C2CCCOOC3(OC2)C2CC4CC(C2)CC3C4)ccc1OCCCN1CCCCC1.